The molecule has 1 heterocycles. The summed E-state index contributed by atoms with van der Waals surface area (Å²) >= 11 is 0. The predicted molar refractivity (Wildman–Crippen MR) is 104 cm³/mol. The monoisotopic (exact) mass is 415 g/mol. The summed E-state index contributed by atoms with van der Waals surface area (Å²) in [5.74, 6) is -2.72. The van der Waals surface area contributed by atoms with Crippen LogP contribution in [-0.2, 0) is 22.6 Å². The van der Waals surface area contributed by atoms with Crippen LogP contribution in [0.1, 0.15) is 18.1 Å². The van der Waals surface area contributed by atoms with Gasteiger partial charge >= 0.3 is 0 Å². The van der Waals surface area contributed by atoms with Gasteiger partial charge in [-0.3, -0.25) is 14.9 Å². The van der Waals surface area contributed by atoms with Crippen LogP contribution >= 0.6 is 0 Å². The third-order valence-corrected chi connectivity index (χ3v) is 4.05. The van der Waals surface area contributed by atoms with Crippen LogP contribution in [0.4, 0.5) is 20.4 Å². The molecule has 2 aromatic carbocycles. The van der Waals surface area contributed by atoms with E-state index in [-0.39, 0.29) is 17.9 Å². The first kappa shape index (κ1) is 20.8. The van der Waals surface area contributed by atoms with Crippen LogP contribution in [0.25, 0.3) is 0 Å². The van der Waals surface area contributed by atoms with Crippen LogP contribution in [0.5, 0.6) is 0 Å². The number of hydrogen-bond donors (Lipinski definition) is 3. The zero-order chi connectivity index (χ0) is 21.7. The topological polar surface area (TPSA) is 128 Å². The molecule has 0 fully saturated rings. The molecule has 1 aromatic heterocycles. The van der Waals surface area contributed by atoms with E-state index < -0.39 is 29.5 Å². The van der Waals surface area contributed by atoms with Gasteiger partial charge < -0.3 is 11.1 Å². The Morgan fingerprint density at radius 2 is 1.77 bits per heavy atom. The van der Waals surface area contributed by atoms with Crippen molar-refractivity contribution in [1.29, 1.82) is 0 Å². The minimum atomic E-state index is -0.931. The van der Waals surface area contributed by atoms with Crippen LogP contribution in [0.3, 0.4) is 0 Å². The van der Waals surface area contributed by atoms with Crippen LogP contribution < -0.4 is 16.4 Å². The number of halogens is 2. The fourth-order valence-corrected chi connectivity index (χ4v) is 2.62. The van der Waals surface area contributed by atoms with Crippen molar-refractivity contribution in [2.45, 2.75) is 25.9 Å². The second-order valence-corrected chi connectivity index (χ2v) is 6.62. The molecule has 0 saturated heterocycles. The van der Waals surface area contributed by atoms with E-state index in [2.05, 4.69) is 26.0 Å². The Morgan fingerprint density at radius 1 is 1.10 bits per heavy atom. The van der Waals surface area contributed by atoms with Crippen molar-refractivity contribution in [3.63, 3.8) is 0 Å². The number of carbonyl (C=O) groups excluding carboxylic acids is 2. The first-order chi connectivity index (χ1) is 14.3. The number of rotatable bonds is 7. The van der Waals surface area contributed by atoms with E-state index in [1.54, 1.807) is 12.1 Å². The number of hydrogen-bond acceptors (Lipinski definition) is 6. The maximum atomic E-state index is 13.2. The number of benzene rings is 2. The van der Waals surface area contributed by atoms with Gasteiger partial charge in [-0.15, -0.1) is 5.10 Å². The van der Waals surface area contributed by atoms with Crippen molar-refractivity contribution >= 4 is 23.5 Å². The van der Waals surface area contributed by atoms with Crippen molar-refractivity contribution in [3.05, 3.63) is 65.2 Å². The summed E-state index contributed by atoms with van der Waals surface area (Å²) in [7, 11) is 0. The average Bonchev–Trinajstić information content (AvgIpc) is 3.09. The van der Waals surface area contributed by atoms with Crippen LogP contribution in [0.2, 0.25) is 0 Å². The van der Waals surface area contributed by atoms with Crippen molar-refractivity contribution in [2.24, 2.45) is 0 Å². The average molecular weight is 415 g/mol. The lowest BCUT2D eigenvalue weighted by molar-refractivity contribution is -0.125. The van der Waals surface area contributed by atoms with E-state index in [9.17, 15) is 18.4 Å². The number of nitrogen functional groups attached to an aromatic ring is 1. The zero-order valence-corrected chi connectivity index (χ0v) is 16.0. The number of nitrogens with one attached hydrogen (secondary N) is 2. The Bertz CT molecular complexity index is 1030. The summed E-state index contributed by atoms with van der Waals surface area (Å²) in [5.41, 5.74) is 7.33. The van der Waals surface area contributed by atoms with E-state index in [1.165, 1.54) is 11.7 Å². The predicted octanol–water partition coefficient (Wildman–Crippen LogP) is 1.27. The number of amides is 2. The molecule has 0 aliphatic heterocycles. The third-order valence-electron chi connectivity index (χ3n) is 4.05. The van der Waals surface area contributed by atoms with Crippen LogP contribution in [-0.4, -0.2) is 38.1 Å². The summed E-state index contributed by atoms with van der Waals surface area (Å²) in [6.07, 6.45) is -0.275. The van der Waals surface area contributed by atoms with E-state index in [0.717, 1.165) is 17.7 Å². The number of tetrazole rings is 1. The number of nitrogens with two attached hydrogens (primary N) is 1. The highest BCUT2D eigenvalue weighted by atomic mass is 19.1. The molecule has 0 aliphatic carbocycles. The summed E-state index contributed by atoms with van der Waals surface area (Å²) < 4.78 is 26.4. The standard InChI is InChI=1S/C19H19F2N7O2/c1-11(23-17(29)8-13-6-14(20)9-15(21)7-13)18(30)24-19-25-27-28(26-19)10-12-2-4-16(22)5-3-12/h2-7,9,11H,8,10,22H2,1H3,(H,23,29)(H,24,26,30)/t11-/m0/s1. The largest absolute Gasteiger partial charge is 0.399 e. The normalized spacial score (nSPS) is 11.7. The van der Waals surface area contributed by atoms with E-state index in [4.69, 9.17) is 5.73 Å². The summed E-state index contributed by atoms with van der Waals surface area (Å²) in [4.78, 5) is 25.6. The summed E-state index contributed by atoms with van der Waals surface area (Å²) in [6, 6.07) is 9.02. The maximum Gasteiger partial charge on any atom is 0.270 e. The Balaban J connectivity index is 1.52. The van der Waals surface area contributed by atoms with Gasteiger partial charge in [0.05, 0.1) is 13.0 Å². The molecule has 11 heteroatoms. The Labute approximate surface area is 170 Å². The number of aromatic nitrogens is 4. The molecule has 156 valence electrons. The van der Waals surface area contributed by atoms with Crippen LogP contribution in [0.15, 0.2) is 42.5 Å². The van der Waals surface area contributed by atoms with E-state index in [1.807, 2.05) is 12.1 Å². The first-order valence-electron chi connectivity index (χ1n) is 8.96. The molecular formula is C19H19F2N7O2. The van der Waals surface area contributed by atoms with Gasteiger partial charge in [0.25, 0.3) is 5.95 Å². The van der Waals surface area contributed by atoms with Gasteiger partial charge in [-0.05, 0) is 47.5 Å². The Morgan fingerprint density at radius 3 is 2.43 bits per heavy atom. The number of carbonyl (C=O) groups is 2. The molecule has 3 aromatic rings. The minimum Gasteiger partial charge on any atom is -0.399 e. The highest BCUT2D eigenvalue weighted by Crippen LogP contribution is 2.09. The van der Waals surface area contributed by atoms with Gasteiger partial charge in [-0.2, -0.15) is 4.80 Å². The third kappa shape index (κ3) is 5.80. The molecule has 9 nitrogen and oxygen atoms in total. The molecule has 0 aliphatic rings. The van der Waals surface area contributed by atoms with Gasteiger partial charge in [-0.25, -0.2) is 8.78 Å². The molecule has 3 rings (SSSR count). The second-order valence-electron chi connectivity index (χ2n) is 6.62. The molecule has 4 N–H and O–H groups in total. The zero-order valence-electron chi connectivity index (χ0n) is 16.0. The van der Waals surface area contributed by atoms with E-state index in [0.29, 0.717) is 18.3 Å². The lowest BCUT2D eigenvalue weighted by Crippen LogP contribution is -2.42. The number of nitrogens with zero attached hydrogens (tertiary/aromatic N) is 4. The highest BCUT2D eigenvalue weighted by molar-refractivity contribution is 5.95. The van der Waals surface area contributed by atoms with Crippen LogP contribution in [0, 0.1) is 11.6 Å². The molecule has 0 spiro atoms. The summed E-state index contributed by atoms with van der Waals surface area (Å²) in [6.45, 7) is 1.79. The van der Waals surface area contributed by atoms with E-state index >= 15 is 0 Å². The second kappa shape index (κ2) is 9.07. The molecule has 0 saturated carbocycles. The maximum absolute atomic E-state index is 13.2. The molecule has 30 heavy (non-hydrogen) atoms. The van der Waals surface area contributed by atoms with Gasteiger partial charge in [0.15, 0.2) is 0 Å². The Kier molecular flexibility index (Phi) is 6.30. The smallest absolute Gasteiger partial charge is 0.270 e. The molecule has 0 bridgehead atoms. The quantitative estimate of drug-likeness (QED) is 0.499. The molecule has 0 unspecified atom stereocenters. The molecule has 1 atom stereocenters. The van der Waals surface area contributed by atoms with Crippen molar-refractivity contribution in [1.82, 2.24) is 25.5 Å². The van der Waals surface area contributed by atoms with Crippen molar-refractivity contribution in [2.75, 3.05) is 11.1 Å². The van der Waals surface area contributed by atoms with Gasteiger partial charge in [0.2, 0.25) is 11.8 Å². The Hall–Kier alpha value is -3.89. The first-order valence-corrected chi connectivity index (χ1v) is 8.96. The highest BCUT2D eigenvalue weighted by Gasteiger charge is 2.18. The molecular weight excluding hydrogens is 396 g/mol. The molecule has 0 radical (unpaired) electrons. The number of anilines is 2. The molecule has 2 amide bonds. The lowest BCUT2D eigenvalue weighted by atomic mass is 10.1. The van der Waals surface area contributed by atoms with Gasteiger partial charge in [0, 0.05) is 11.8 Å². The SMILES string of the molecule is C[C@H](NC(=O)Cc1cc(F)cc(F)c1)C(=O)Nc1nnn(Cc2ccc(N)cc2)n1. The fraction of sp³-hybridized carbons (Fsp3) is 0.211. The fourth-order valence-electron chi connectivity index (χ4n) is 2.62. The van der Waals surface area contributed by atoms with Crippen molar-refractivity contribution < 1.29 is 18.4 Å². The van der Waals surface area contributed by atoms with Crippen molar-refractivity contribution in [3.8, 4) is 0 Å². The minimum absolute atomic E-state index is 0.0243. The van der Waals surface area contributed by atoms with Gasteiger partial charge in [-0.1, -0.05) is 17.2 Å². The summed E-state index contributed by atoms with van der Waals surface area (Å²) in [5, 5.41) is 16.5. The van der Waals surface area contributed by atoms with Gasteiger partial charge in [0.1, 0.15) is 17.7 Å². The lowest BCUT2D eigenvalue weighted by Gasteiger charge is -2.12.